The van der Waals surface area contributed by atoms with Gasteiger partial charge in [0.25, 0.3) is 0 Å². The van der Waals surface area contributed by atoms with Crippen molar-refractivity contribution in [3.8, 4) is 0 Å². The number of nitrogens with one attached hydrogen (secondary N) is 2. The zero-order chi connectivity index (χ0) is 26.5. The number of nitrogens with two attached hydrogens (primary N) is 1. The van der Waals surface area contributed by atoms with E-state index < -0.39 is 23.8 Å². The highest BCUT2D eigenvalue weighted by molar-refractivity contribution is 7.14. The Hall–Kier alpha value is -3.20. The summed E-state index contributed by atoms with van der Waals surface area (Å²) in [6, 6.07) is 12.2. The molecule has 2 aromatic rings. The lowest BCUT2D eigenvalue weighted by Crippen LogP contribution is -2.56. The number of carbonyl (C=O) groups is 3. The fourth-order valence-corrected chi connectivity index (χ4v) is 5.16. The van der Waals surface area contributed by atoms with Crippen LogP contribution in [-0.4, -0.2) is 52.7 Å². The molecular formula is C27H36N4O4S. The van der Waals surface area contributed by atoms with Crippen molar-refractivity contribution in [2.75, 3.05) is 6.54 Å². The van der Waals surface area contributed by atoms with E-state index in [4.69, 9.17) is 15.9 Å². The van der Waals surface area contributed by atoms with Gasteiger partial charge in [0.05, 0.1) is 10.9 Å². The standard InChI is InChI=1S/C27H36N4O4S/c1-17(22(32)12-10-20-11-13-23(36-20)24(28)29)30-25(33)21-16-19(18-8-6-5-7-9-18)14-15-31(21)26(34)35-27(2,3)4/h5-9,11,13,17,19,21H,10,12,14-16H2,1-4H3,(H3,28,29)(H,30,33)/t17-,19-,21+/m0/s1. The minimum Gasteiger partial charge on any atom is -0.444 e. The monoisotopic (exact) mass is 512 g/mol. The van der Waals surface area contributed by atoms with Gasteiger partial charge in [-0.3, -0.25) is 19.9 Å². The third-order valence-corrected chi connectivity index (χ3v) is 7.37. The normalized spacial score (nSPS) is 18.8. The van der Waals surface area contributed by atoms with Crippen molar-refractivity contribution in [3.63, 3.8) is 0 Å². The first-order chi connectivity index (χ1) is 16.9. The maximum Gasteiger partial charge on any atom is 0.410 e. The first-order valence-electron chi connectivity index (χ1n) is 12.3. The number of hydrogen-bond donors (Lipinski definition) is 3. The molecular weight excluding hydrogens is 476 g/mol. The number of benzene rings is 1. The third kappa shape index (κ3) is 7.40. The molecule has 0 unspecified atom stereocenters. The van der Waals surface area contributed by atoms with Crippen LogP contribution in [0.15, 0.2) is 42.5 Å². The SMILES string of the molecule is C[C@H](NC(=O)[C@H]1C[C@@H](c2ccccc2)CCN1C(=O)OC(C)(C)C)C(=O)CCc1ccc(C(=N)N)s1. The largest absolute Gasteiger partial charge is 0.444 e. The van der Waals surface area contributed by atoms with Crippen LogP contribution >= 0.6 is 11.3 Å². The summed E-state index contributed by atoms with van der Waals surface area (Å²) in [6.45, 7) is 7.45. The average Bonchev–Trinajstić information content (AvgIpc) is 3.31. The fraction of sp³-hybridized carbons (Fsp3) is 0.481. The van der Waals surface area contributed by atoms with Crippen LogP contribution in [0.2, 0.25) is 0 Å². The number of nitrogen functional groups attached to an aromatic ring is 1. The molecule has 36 heavy (non-hydrogen) atoms. The van der Waals surface area contributed by atoms with Gasteiger partial charge in [0.15, 0.2) is 5.78 Å². The van der Waals surface area contributed by atoms with Gasteiger partial charge in [-0.25, -0.2) is 4.79 Å². The van der Waals surface area contributed by atoms with Gasteiger partial charge < -0.3 is 15.8 Å². The Labute approximate surface area is 216 Å². The molecule has 0 saturated carbocycles. The topological polar surface area (TPSA) is 126 Å². The Kier molecular flexibility index (Phi) is 8.89. The van der Waals surface area contributed by atoms with Gasteiger partial charge in [-0.05, 0) is 70.6 Å². The molecule has 0 bridgehead atoms. The summed E-state index contributed by atoms with van der Waals surface area (Å²) in [5.74, 6) is -0.312. The molecule has 194 valence electrons. The number of amides is 2. The third-order valence-electron chi connectivity index (χ3n) is 6.19. The molecule has 1 aromatic heterocycles. The zero-order valence-electron chi connectivity index (χ0n) is 21.4. The lowest BCUT2D eigenvalue weighted by atomic mass is 9.85. The van der Waals surface area contributed by atoms with Crippen LogP contribution in [0.25, 0.3) is 0 Å². The molecule has 9 heteroatoms. The van der Waals surface area contributed by atoms with Gasteiger partial charge in [-0.2, -0.15) is 0 Å². The second-order valence-corrected chi connectivity index (χ2v) is 11.4. The van der Waals surface area contributed by atoms with Gasteiger partial charge in [0.1, 0.15) is 17.5 Å². The summed E-state index contributed by atoms with van der Waals surface area (Å²) >= 11 is 1.39. The quantitative estimate of drug-likeness (QED) is 0.361. The molecule has 3 rings (SSSR count). The molecule has 4 N–H and O–H groups in total. The van der Waals surface area contributed by atoms with E-state index in [1.54, 1.807) is 33.8 Å². The molecule has 1 aromatic carbocycles. The van der Waals surface area contributed by atoms with Gasteiger partial charge in [0.2, 0.25) is 5.91 Å². The number of likely N-dealkylation sites (tertiary alicyclic amines) is 1. The number of rotatable bonds is 8. The molecule has 0 radical (unpaired) electrons. The van der Waals surface area contributed by atoms with Crippen LogP contribution in [0, 0.1) is 5.41 Å². The van der Waals surface area contributed by atoms with Crippen molar-refractivity contribution in [3.05, 3.63) is 57.8 Å². The predicted molar refractivity (Wildman–Crippen MR) is 141 cm³/mol. The Morgan fingerprint density at radius 1 is 1.19 bits per heavy atom. The number of ether oxygens (including phenoxy) is 1. The van der Waals surface area contributed by atoms with Gasteiger partial charge in [-0.15, -0.1) is 11.3 Å². The van der Waals surface area contributed by atoms with Crippen LogP contribution in [0.1, 0.15) is 68.2 Å². The van der Waals surface area contributed by atoms with E-state index >= 15 is 0 Å². The molecule has 0 spiro atoms. The number of Topliss-reactive ketones (excluding diaryl/α,β-unsaturated/α-hetero) is 1. The van der Waals surface area contributed by atoms with Crippen molar-refractivity contribution in [1.29, 1.82) is 5.41 Å². The highest BCUT2D eigenvalue weighted by atomic mass is 32.1. The number of carbonyl (C=O) groups excluding carboxylic acids is 3. The average molecular weight is 513 g/mol. The van der Waals surface area contributed by atoms with Crippen LogP contribution in [0.5, 0.6) is 0 Å². The van der Waals surface area contributed by atoms with Crippen molar-refractivity contribution in [1.82, 2.24) is 10.2 Å². The van der Waals surface area contributed by atoms with Crippen molar-refractivity contribution in [2.45, 2.75) is 77.0 Å². The maximum absolute atomic E-state index is 13.4. The number of ketones is 1. The lowest BCUT2D eigenvalue weighted by molar-refractivity contribution is -0.131. The Balaban J connectivity index is 1.67. The van der Waals surface area contributed by atoms with Crippen molar-refractivity contribution in [2.24, 2.45) is 5.73 Å². The molecule has 0 aliphatic carbocycles. The van der Waals surface area contributed by atoms with Gasteiger partial charge in [0, 0.05) is 17.8 Å². The minimum atomic E-state index is -0.732. The Morgan fingerprint density at radius 3 is 2.50 bits per heavy atom. The second-order valence-electron chi connectivity index (χ2n) is 10.2. The van der Waals surface area contributed by atoms with Gasteiger partial charge >= 0.3 is 6.09 Å². The Bertz CT molecular complexity index is 1090. The number of thiophene rings is 1. The van der Waals surface area contributed by atoms with Crippen LogP contribution in [0.3, 0.4) is 0 Å². The van der Waals surface area contributed by atoms with Crippen LogP contribution in [-0.2, 0) is 20.7 Å². The number of hydrogen-bond acceptors (Lipinski definition) is 6. The molecule has 2 heterocycles. The highest BCUT2D eigenvalue weighted by Crippen LogP contribution is 2.32. The summed E-state index contributed by atoms with van der Waals surface area (Å²) in [4.78, 5) is 42.2. The van der Waals surface area contributed by atoms with Crippen LogP contribution in [0.4, 0.5) is 4.79 Å². The molecule has 2 amide bonds. The van der Waals surface area contributed by atoms with E-state index in [2.05, 4.69) is 5.32 Å². The van der Waals surface area contributed by atoms with Crippen LogP contribution < -0.4 is 11.1 Å². The summed E-state index contributed by atoms with van der Waals surface area (Å²) in [5.41, 5.74) is 5.96. The first kappa shape index (κ1) is 27.4. The molecule has 1 saturated heterocycles. The fourth-order valence-electron chi connectivity index (χ4n) is 4.29. The second kappa shape index (κ2) is 11.7. The van der Waals surface area contributed by atoms with Gasteiger partial charge in [-0.1, -0.05) is 30.3 Å². The predicted octanol–water partition coefficient (Wildman–Crippen LogP) is 4.22. The van der Waals surface area contributed by atoms with E-state index in [9.17, 15) is 14.4 Å². The van der Waals surface area contributed by atoms with Crippen molar-refractivity contribution < 1.29 is 19.1 Å². The lowest BCUT2D eigenvalue weighted by Gasteiger charge is -2.39. The summed E-state index contributed by atoms with van der Waals surface area (Å²) < 4.78 is 5.57. The number of piperidine rings is 1. The smallest absolute Gasteiger partial charge is 0.410 e. The molecule has 3 atom stereocenters. The summed E-state index contributed by atoms with van der Waals surface area (Å²) in [7, 11) is 0. The summed E-state index contributed by atoms with van der Waals surface area (Å²) in [5, 5.41) is 10.3. The minimum absolute atomic E-state index is 0.00837. The number of nitrogens with zero attached hydrogens (tertiary/aromatic N) is 1. The van der Waals surface area contributed by atoms with Crippen molar-refractivity contribution >= 4 is 35.0 Å². The van der Waals surface area contributed by atoms with E-state index in [0.29, 0.717) is 24.3 Å². The first-order valence-corrected chi connectivity index (χ1v) is 13.1. The molecule has 8 nitrogen and oxygen atoms in total. The van der Waals surface area contributed by atoms with E-state index in [-0.39, 0.29) is 29.9 Å². The van der Waals surface area contributed by atoms with E-state index in [1.807, 2.05) is 36.4 Å². The molecule has 1 aliphatic heterocycles. The van der Waals surface area contributed by atoms with E-state index in [1.165, 1.54) is 16.2 Å². The number of aryl methyl sites for hydroxylation is 1. The highest BCUT2D eigenvalue weighted by Gasteiger charge is 2.39. The van der Waals surface area contributed by atoms with E-state index in [0.717, 1.165) is 16.9 Å². The zero-order valence-corrected chi connectivity index (χ0v) is 22.2. The molecule has 1 fully saturated rings. The summed E-state index contributed by atoms with van der Waals surface area (Å²) in [6.07, 6.45) is 1.43. The molecule has 1 aliphatic rings. The number of amidine groups is 1. The Morgan fingerprint density at radius 2 is 1.89 bits per heavy atom. The maximum atomic E-state index is 13.4.